The quantitative estimate of drug-likeness (QED) is 0.0209. The Morgan fingerprint density at radius 2 is 0.856 bits per heavy atom. The van der Waals surface area contributed by atoms with Crippen molar-refractivity contribution in [1.82, 2.24) is 45.3 Å². The Labute approximate surface area is 656 Å². The number of esters is 1. The van der Waals surface area contributed by atoms with Crippen LogP contribution in [0.4, 0.5) is 14.4 Å². The number of aliphatic hydroxyl groups excluding tert-OH is 1. The first-order valence-electron chi connectivity index (χ1n) is 39.2. The fraction of sp³-hybridized carbons (Fsp3) is 0.583. The number of rotatable bonds is 30. The number of ether oxygens (including phenoxy) is 4. The van der Waals surface area contributed by atoms with E-state index >= 15 is 0 Å². The maximum absolute atomic E-state index is 14.5. The van der Waals surface area contributed by atoms with Crippen LogP contribution in [0.5, 0.6) is 0 Å². The Balaban J connectivity index is 0.000000333. The summed E-state index contributed by atoms with van der Waals surface area (Å²) in [6.07, 6.45) is 12.1. The highest BCUT2D eigenvalue weighted by molar-refractivity contribution is 5.93. The van der Waals surface area contributed by atoms with Crippen molar-refractivity contribution in [1.29, 1.82) is 0 Å². The standard InChI is InChI=1S/C41H58N4O7.C32H51N5O5.C10H11NO4.CH4O/c1-30(43(5)40(50)52-41(2,3)4)38(48)42-37(33-20-13-8-14-21-33)39(49)45-26-15-22-34(45)28-44(27-25-31-16-9-6-10-17-31)35(46)23-24-36(47)51-29-32-18-11-7-12-19-32;1-23(35(5)31(41)42-32(2,3)4)29(39)34-28(25-15-10-7-11-16-25)30(40)37-19-12-17-26(37)22-36(27(38)21-33)20-18-24-13-8-6-9-14-24;12-9(13)6-11-10(14)15-7-8-4-2-1-3-5-8;1-2/h6-7,9-12,16-19,30,33-34,37H,8,13-15,20-29H2,1-5H3,(H,42,48);6,8-9,13-14,23,25-26,28H,7,10-12,15-22,33H2,1-5H3,(H,34,39);1-5H,6-7H2,(H,11,14)(H,12,13);2H,1H3/t30-,34-,37-;23-,26-,28-;;/m00../s1. The molecular formula is C84H124N10O17. The van der Waals surface area contributed by atoms with Crippen molar-refractivity contribution >= 4 is 65.7 Å². The minimum atomic E-state index is -1.10. The van der Waals surface area contributed by atoms with Crippen LogP contribution < -0.4 is 21.7 Å². The molecule has 0 aromatic heterocycles. The predicted molar refractivity (Wildman–Crippen MR) is 422 cm³/mol. The van der Waals surface area contributed by atoms with E-state index in [9.17, 15) is 52.7 Å². The lowest BCUT2D eigenvalue weighted by atomic mass is 9.83. The summed E-state index contributed by atoms with van der Waals surface area (Å²) in [6.45, 7) is 16.5. The minimum absolute atomic E-state index is 0.00684. The van der Waals surface area contributed by atoms with Gasteiger partial charge in [-0.2, -0.15) is 0 Å². The number of benzene rings is 4. The average molecular weight is 1550 g/mol. The zero-order valence-electron chi connectivity index (χ0n) is 67.2. The van der Waals surface area contributed by atoms with Crippen LogP contribution in [0.15, 0.2) is 121 Å². The van der Waals surface area contributed by atoms with Gasteiger partial charge in [0.15, 0.2) is 0 Å². The van der Waals surface area contributed by atoms with Crippen LogP contribution in [-0.2, 0) is 83.4 Å². The Hall–Kier alpha value is -9.63. The molecule has 0 unspecified atom stereocenters. The van der Waals surface area contributed by atoms with E-state index in [1.807, 2.05) is 131 Å². The molecule has 0 bridgehead atoms. The van der Waals surface area contributed by atoms with Gasteiger partial charge in [-0.1, -0.05) is 160 Å². The molecule has 9 amide bonds. The third-order valence-corrected chi connectivity index (χ3v) is 20.1. The lowest BCUT2D eigenvalue weighted by Crippen LogP contribution is -2.58. The number of carbonyl (C=O) groups is 11. The summed E-state index contributed by atoms with van der Waals surface area (Å²) >= 11 is 0. The molecule has 111 heavy (non-hydrogen) atoms. The molecule has 7 N–H and O–H groups in total. The number of carboxylic acid groups (broad SMARTS) is 1. The second-order valence-electron chi connectivity index (χ2n) is 30.8. The van der Waals surface area contributed by atoms with Crippen LogP contribution >= 0.6 is 0 Å². The Morgan fingerprint density at radius 1 is 0.495 bits per heavy atom. The fourth-order valence-electron chi connectivity index (χ4n) is 13.8. The summed E-state index contributed by atoms with van der Waals surface area (Å²) in [5.74, 6) is -2.88. The number of alkyl carbamates (subject to hydrolysis) is 1. The lowest BCUT2D eigenvalue weighted by molar-refractivity contribution is -0.147. The smallest absolute Gasteiger partial charge is 0.410 e. The summed E-state index contributed by atoms with van der Waals surface area (Å²) in [5.41, 5.74) is 8.32. The Bertz CT molecular complexity index is 3530. The lowest BCUT2D eigenvalue weighted by Gasteiger charge is -2.37. The number of nitrogens with one attached hydrogen (secondary N) is 3. The molecule has 2 aliphatic heterocycles. The monoisotopic (exact) mass is 1540 g/mol. The van der Waals surface area contributed by atoms with Crippen LogP contribution in [0.25, 0.3) is 0 Å². The van der Waals surface area contributed by atoms with Gasteiger partial charge in [0.2, 0.25) is 35.4 Å². The maximum atomic E-state index is 14.5. The van der Waals surface area contributed by atoms with E-state index in [1.165, 1.54) is 23.9 Å². The van der Waals surface area contributed by atoms with E-state index in [0.717, 1.165) is 119 Å². The van der Waals surface area contributed by atoms with Crippen LogP contribution in [-0.4, -0.2) is 226 Å². The topological polar surface area (TPSA) is 347 Å². The van der Waals surface area contributed by atoms with Gasteiger partial charge in [0.05, 0.1) is 13.0 Å². The van der Waals surface area contributed by atoms with Crippen molar-refractivity contribution in [3.63, 3.8) is 0 Å². The summed E-state index contributed by atoms with van der Waals surface area (Å²) in [4.78, 5) is 151. The van der Waals surface area contributed by atoms with Crippen LogP contribution in [0.1, 0.15) is 180 Å². The highest BCUT2D eigenvalue weighted by atomic mass is 16.6. The maximum Gasteiger partial charge on any atom is 0.410 e. The number of aliphatic carboxylic acids is 1. The predicted octanol–water partition coefficient (Wildman–Crippen LogP) is 9.83. The third kappa shape index (κ3) is 32.7. The molecule has 0 radical (unpaired) electrons. The van der Waals surface area contributed by atoms with E-state index < -0.39 is 78.0 Å². The van der Waals surface area contributed by atoms with Crippen molar-refractivity contribution < 1.29 is 81.9 Å². The van der Waals surface area contributed by atoms with Gasteiger partial charge in [-0.25, -0.2) is 14.4 Å². The second kappa shape index (κ2) is 47.6. The zero-order chi connectivity index (χ0) is 81.6. The fourth-order valence-corrected chi connectivity index (χ4v) is 13.8. The SMILES string of the molecule is CO.C[C@@H](C(=O)N[C@H](C(=O)N1CCC[C@H]1CN(CCc1ccccc1)C(=O)CCC(=O)OCc1ccccc1)C1CCCCC1)N(C)C(=O)OC(C)(C)C.C[C@@H](C(=O)N[C@H](C(=O)N1CCC[C@H]1CN(CCc1ccccc1)C(=O)CN)C1CCCCC1)N(C)C(=O)OC(C)(C)C.O=C(O)CNC(=O)OCc1ccccc1. The summed E-state index contributed by atoms with van der Waals surface area (Å²) < 4.78 is 21.1. The van der Waals surface area contributed by atoms with Crippen molar-refractivity contribution in [2.75, 3.05) is 73.6 Å². The molecule has 4 aromatic carbocycles. The second-order valence-corrected chi connectivity index (χ2v) is 30.8. The van der Waals surface area contributed by atoms with Crippen LogP contribution in [0, 0.1) is 11.8 Å². The molecule has 4 aliphatic rings. The molecule has 6 atom stereocenters. The first-order valence-corrected chi connectivity index (χ1v) is 39.2. The van der Waals surface area contributed by atoms with E-state index in [-0.39, 0.29) is 86.1 Å². The molecule has 27 nitrogen and oxygen atoms in total. The molecular weight excluding hydrogens is 1420 g/mol. The van der Waals surface area contributed by atoms with Crippen molar-refractivity contribution in [3.05, 3.63) is 144 Å². The summed E-state index contributed by atoms with van der Waals surface area (Å²) in [5, 5.41) is 23.5. The van der Waals surface area contributed by atoms with Gasteiger partial charge < -0.3 is 70.4 Å². The van der Waals surface area contributed by atoms with Crippen LogP contribution in [0.2, 0.25) is 0 Å². The zero-order valence-corrected chi connectivity index (χ0v) is 67.2. The molecule has 2 saturated heterocycles. The van der Waals surface area contributed by atoms with Gasteiger partial charge in [0.25, 0.3) is 0 Å². The number of aliphatic hydroxyl groups is 1. The van der Waals surface area contributed by atoms with Gasteiger partial charge in [0.1, 0.15) is 55.1 Å². The van der Waals surface area contributed by atoms with Gasteiger partial charge in [-0.05, 0) is 154 Å². The number of nitrogens with two attached hydrogens (primary N) is 1. The van der Waals surface area contributed by atoms with Gasteiger partial charge >= 0.3 is 30.2 Å². The highest BCUT2D eigenvalue weighted by Gasteiger charge is 2.43. The molecule has 8 rings (SSSR count). The Morgan fingerprint density at radius 3 is 1.22 bits per heavy atom. The Kier molecular flexibility index (Phi) is 39.4. The molecule has 2 saturated carbocycles. The molecule has 27 heteroatoms. The number of nitrogens with zero attached hydrogens (tertiary/aromatic N) is 6. The van der Waals surface area contributed by atoms with Gasteiger partial charge in [0, 0.05) is 79.0 Å². The van der Waals surface area contributed by atoms with E-state index in [4.69, 9.17) is 34.9 Å². The first-order chi connectivity index (χ1) is 52.9. The van der Waals surface area contributed by atoms with Gasteiger partial charge in [-0.15, -0.1) is 0 Å². The number of hydrogen-bond acceptors (Lipinski definition) is 17. The highest BCUT2D eigenvalue weighted by Crippen LogP contribution is 2.32. The van der Waals surface area contributed by atoms with Crippen LogP contribution in [0.3, 0.4) is 0 Å². The number of hydrogen-bond donors (Lipinski definition) is 6. The van der Waals surface area contributed by atoms with E-state index in [0.29, 0.717) is 52.1 Å². The van der Waals surface area contributed by atoms with Crippen molar-refractivity contribution in [2.24, 2.45) is 17.6 Å². The number of carbonyl (C=O) groups excluding carboxylic acids is 10. The molecule has 0 spiro atoms. The third-order valence-electron chi connectivity index (χ3n) is 20.1. The first kappa shape index (κ1) is 92.0. The van der Waals surface area contributed by atoms with E-state index in [1.54, 1.807) is 65.2 Å². The normalized spacial score (nSPS) is 16.7. The number of amides is 9. The molecule has 2 aliphatic carbocycles. The molecule has 4 aromatic rings. The van der Waals surface area contributed by atoms with Crippen molar-refractivity contribution in [3.8, 4) is 0 Å². The number of carboxylic acids is 1. The van der Waals surface area contributed by atoms with E-state index in [2.05, 4.69) is 16.0 Å². The number of likely N-dealkylation sites (tertiary alicyclic amines) is 2. The minimum Gasteiger partial charge on any atom is -0.480 e. The molecule has 4 fully saturated rings. The molecule has 2 heterocycles. The summed E-state index contributed by atoms with van der Waals surface area (Å²) in [7, 11) is 4.06. The number of likely N-dealkylation sites (N-methyl/N-ethyl adjacent to an activating group) is 2. The molecule has 612 valence electrons. The average Bonchev–Trinajstić information content (AvgIpc) is 1.78. The van der Waals surface area contributed by atoms with Crippen molar-refractivity contribution in [2.45, 2.75) is 232 Å². The largest absolute Gasteiger partial charge is 0.480 e. The van der Waals surface area contributed by atoms with Gasteiger partial charge in [-0.3, -0.25) is 48.2 Å². The summed E-state index contributed by atoms with van der Waals surface area (Å²) in [6, 6.07) is 35.0.